The topological polar surface area (TPSA) is 12.0 Å². The third-order valence-electron chi connectivity index (χ3n) is 3.55. The molecule has 0 fully saturated rings. The summed E-state index contributed by atoms with van der Waals surface area (Å²) < 4.78 is 0. The third kappa shape index (κ3) is 4.81. The van der Waals surface area contributed by atoms with Gasteiger partial charge >= 0.3 is 0 Å². The first-order valence-electron chi connectivity index (χ1n) is 7.22. The highest BCUT2D eigenvalue weighted by Crippen LogP contribution is 2.23. The van der Waals surface area contributed by atoms with E-state index in [0.29, 0.717) is 23.9 Å². The van der Waals surface area contributed by atoms with E-state index in [1.165, 1.54) is 17.6 Å². The van der Waals surface area contributed by atoms with E-state index in [1.54, 1.807) is 0 Å². The molecule has 0 aromatic carbocycles. The highest BCUT2D eigenvalue weighted by Gasteiger charge is 2.18. The van der Waals surface area contributed by atoms with Crippen LogP contribution in [0.25, 0.3) is 0 Å². The monoisotopic (exact) mass is 247 g/mol. The largest absolute Gasteiger partial charge is 0.308 e. The third-order valence-corrected chi connectivity index (χ3v) is 3.55. The van der Waals surface area contributed by atoms with Crippen molar-refractivity contribution in [2.24, 2.45) is 11.8 Å². The van der Waals surface area contributed by atoms with Gasteiger partial charge in [-0.05, 0) is 24.7 Å². The van der Waals surface area contributed by atoms with E-state index in [4.69, 9.17) is 0 Å². The Hall–Kier alpha value is -0.820. The van der Waals surface area contributed by atoms with Crippen LogP contribution in [0.4, 0.5) is 0 Å². The van der Waals surface area contributed by atoms with Gasteiger partial charge in [-0.25, -0.2) is 0 Å². The quantitative estimate of drug-likeness (QED) is 0.682. The summed E-state index contributed by atoms with van der Waals surface area (Å²) in [7, 11) is 0. The maximum atomic E-state index is 4.27. The molecule has 1 aliphatic rings. The molecule has 0 amide bonds. The molecule has 2 unspecified atom stereocenters. The van der Waals surface area contributed by atoms with E-state index in [0.717, 1.165) is 6.42 Å². The van der Waals surface area contributed by atoms with E-state index in [2.05, 4.69) is 64.7 Å². The predicted octanol–water partition coefficient (Wildman–Crippen LogP) is 4.48. The molecule has 0 aromatic rings. The van der Waals surface area contributed by atoms with Crippen molar-refractivity contribution >= 4 is 0 Å². The van der Waals surface area contributed by atoms with Crippen molar-refractivity contribution in [1.82, 2.24) is 5.32 Å². The van der Waals surface area contributed by atoms with Crippen molar-refractivity contribution in [3.05, 3.63) is 36.0 Å². The fourth-order valence-corrected chi connectivity index (χ4v) is 2.26. The number of rotatable bonds is 6. The van der Waals surface area contributed by atoms with Gasteiger partial charge in [0.25, 0.3) is 0 Å². The Morgan fingerprint density at radius 1 is 1.39 bits per heavy atom. The second-order valence-electron chi connectivity index (χ2n) is 6.16. The maximum Gasteiger partial charge on any atom is 0.0321 e. The van der Waals surface area contributed by atoms with Crippen LogP contribution in [-0.2, 0) is 0 Å². The Morgan fingerprint density at radius 3 is 2.50 bits per heavy atom. The van der Waals surface area contributed by atoms with Crippen LogP contribution in [0.1, 0.15) is 47.5 Å². The molecule has 0 aromatic heterocycles. The molecule has 1 aliphatic carbocycles. The lowest BCUT2D eigenvalue weighted by Crippen LogP contribution is -2.37. The van der Waals surface area contributed by atoms with E-state index in [9.17, 15) is 0 Å². The minimum absolute atomic E-state index is 0.398. The Kier molecular flexibility index (Phi) is 5.87. The molecule has 0 radical (unpaired) electrons. The minimum atomic E-state index is 0.398. The van der Waals surface area contributed by atoms with Crippen LogP contribution in [-0.4, -0.2) is 12.1 Å². The standard InChI is InChI=1S/C17H29N/c1-12(2)15(6)17(18-13(3)4)11-16-9-7-14(5)8-10-16/h7,9-10,12-14,17-18H,6,8,11H2,1-5H3. The van der Waals surface area contributed by atoms with Crippen molar-refractivity contribution < 1.29 is 0 Å². The lowest BCUT2D eigenvalue weighted by Gasteiger charge is -2.27. The van der Waals surface area contributed by atoms with Gasteiger partial charge in [0.1, 0.15) is 0 Å². The minimum Gasteiger partial charge on any atom is -0.308 e. The summed E-state index contributed by atoms with van der Waals surface area (Å²) in [5.74, 6) is 1.23. The zero-order chi connectivity index (χ0) is 13.7. The normalized spacial score (nSPS) is 21.3. The molecule has 1 rings (SSSR count). The molecule has 1 heteroatoms. The predicted molar refractivity (Wildman–Crippen MR) is 81.7 cm³/mol. The summed E-state index contributed by atoms with van der Waals surface area (Å²) in [6, 6.07) is 0.895. The maximum absolute atomic E-state index is 4.27. The van der Waals surface area contributed by atoms with Crippen LogP contribution in [0.3, 0.4) is 0 Å². The van der Waals surface area contributed by atoms with Gasteiger partial charge in [0.2, 0.25) is 0 Å². The van der Waals surface area contributed by atoms with E-state index >= 15 is 0 Å². The number of hydrogen-bond acceptors (Lipinski definition) is 1. The first-order chi connectivity index (χ1) is 8.40. The average molecular weight is 247 g/mol. The van der Waals surface area contributed by atoms with Gasteiger partial charge in [-0.2, -0.15) is 0 Å². The van der Waals surface area contributed by atoms with Crippen molar-refractivity contribution in [1.29, 1.82) is 0 Å². The van der Waals surface area contributed by atoms with Crippen LogP contribution in [0.15, 0.2) is 36.0 Å². The number of hydrogen-bond donors (Lipinski definition) is 1. The Bertz CT molecular complexity index is 334. The van der Waals surface area contributed by atoms with Crippen LogP contribution in [0, 0.1) is 11.8 Å². The van der Waals surface area contributed by atoms with Gasteiger partial charge in [0.05, 0.1) is 0 Å². The van der Waals surface area contributed by atoms with Crippen LogP contribution < -0.4 is 5.32 Å². The van der Waals surface area contributed by atoms with Crippen molar-refractivity contribution in [2.75, 3.05) is 0 Å². The molecule has 18 heavy (non-hydrogen) atoms. The first-order valence-corrected chi connectivity index (χ1v) is 7.22. The molecule has 0 spiro atoms. The SMILES string of the molecule is C=C(C(C)C)C(CC1=CCC(C)C=C1)NC(C)C. The van der Waals surface area contributed by atoms with E-state index in [-0.39, 0.29) is 0 Å². The molecule has 2 atom stereocenters. The summed E-state index contributed by atoms with van der Waals surface area (Å²) in [5.41, 5.74) is 2.77. The van der Waals surface area contributed by atoms with E-state index in [1.807, 2.05) is 0 Å². The highest BCUT2D eigenvalue weighted by atomic mass is 14.9. The molecule has 0 bridgehead atoms. The van der Waals surface area contributed by atoms with Crippen LogP contribution >= 0.6 is 0 Å². The molecule has 1 nitrogen and oxygen atoms in total. The number of allylic oxidation sites excluding steroid dienone is 3. The summed E-state index contributed by atoms with van der Waals surface area (Å²) >= 11 is 0. The molecule has 1 N–H and O–H groups in total. The highest BCUT2D eigenvalue weighted by molar-refractivity contribution is 5.27. The Balaban J connectivity index is 2.67. The van der Waals surface area contributed by atoms with Gasteiger partial charge in [-0.1, -0.05) is 70.6 Å². The first kappa shape index (κ1) is 15.2. The van der Waals surface area contributed by atoms with Gasteiger partial charge in [-0.3, -0.25) is 0 Å². The molecule has 0 heterocycles. The van der Waals surface area contributed by atoms with Crippen molar-refractivity contribution in [3.8, 4) is 0 Å². The molecular formula is C17H29N. The molecule has 0 saturated carbocycles. The van der Waals surface area contributed by atoms with Crippen LogP contribution in [0.5, 0.6) is 0 Å². The zero-order valence-electron chi connectivity index (χ0n) is 12.7. The second-order valence-corrected chi connectivity index (χ2v) is 6.16. The average Bonchev–Trinajstić information content (AvgIpc) is 2.29. The zero-order valence-corrected chi connectivity index (χ0v) is 12.7. The van der Waals surface area contributed by atoms with Gasteiger partial charge in [0, 0.05) is 12.1 Å². The summed E-state index contributed by atoms with van der Waals surface area (Å²) in [5, 5.41) is 3.65. The molecular weight excluding hydrogens is 218 g/mol. The summed E-state index contributed by atoms with van der Waals surface area (Å²) in [6.07, 6.45) is 9.23. The lowest BCUT2D eigenvalue weighted by molar-refractivity contribution is 0.475. The second kappa shape index (κ2) is 6.94. The van der Waals surface area contributed by atoms with Crippen molar-refractivity contribution in [2.45, 2.75) is 59.5 Å². The summed E-state index contributed by atoms with van der Waals surface area (Å²) in [6.45, 7) is 15.4. The lowest BCUT2D eigenvalue weighted by atomic mass is 9.89. The number of nitrogens with one attached hydrogen (secondary N) is 1. The van der Waals surface area contributed by atoms with Gasteiger partial charge in [0.15, 0.2) is 0 Å². The molecule has 0 saturated heterocycles. The van der Waals surface area contributed by atoms with Crippen molar-refractivity contribution in [3.63, 3.8) is 0 Å². The fraction of sp³-hybridized carbons (Fsp3) is 0.647. The Morgan fingerprint density at radius 2 is 2.06 bits per heavy atom. The fourth-order valence-electron chi connectivity index (χ4n) is 2.26. The smallest absolute Gasteiger partial charge is 0.0321 e. The van der Waals surface area contributed by atoms with Crippen LogP contribution in [0.2, 0.25) is 0 Å². The molecule has 0 aliphatic heterocycles. The van der Waals surface area contributed by atoms with Gasteiger partial charge in [-0.15, -0.1) is 0 Å². The molecule has 102 valence electrons. The Labute approximate surface area is 113 Å². The summed E-state index contributed by atoms with van der Waals surface area (Å²) in [4.78, 5) is 0. The van der Waals surface area contributed by atoms with Gasteiger partial charge < -0.3 is 5.32 Å². The van der Waals surface area contributed by atoms with E-state index < -0.39 is 0 Å².